The van der Waals surface area contributed by atoms with Gasteiger partial charge >= 0.3 is 0 Å². The Hall–Kier alpha value is -1.92. The minimum Gasteiger partial charge on any atom is -0.338 e. The normalized spacial score (nSPS) is 19.7. The van der Waals surface area contributed by atoms with Crippen LogP contribution in [0.15, 0.2) is 24.3 Å². The van der Waals surface area contributed by atoms with Crippen molar-refractivity contribution in [1.82, 2.24) is 14.7 Å². The van der Waals surface area contributed by atoms with Gasteiger partial charge in [-0.2, -0.15) is 5.10 Å². The van der Waals surface area contributed by atoms with Crippen molar-refractivity contribution in [3.63, 3.8) is 0 Å². The zero-order valence-electron chi connectivity index (χ0n) is 16.1. The van der Waals surface area contributed by atoms with Crippen LogP contribution in [0.1, 0.15) is 36.7 Å². The Bertz CT molecular complexity index is 790. The molecule has 2 atom stereocenters. The number of nitrogens with two attached hydrogens (primary N) is 1. The van der Waals surface area contributed by atoms with Gasteiger partial charge in [-0.25, -0.2) is 9.07 Å². The lowest BCUT2D eigenvalue weighted by Crippen LogP contribution is -2.49. The predicted octanol–water partition coefficient (Wildman–Crippen LogP) is 3.18. The maximum atomic E-state index is 13.2. The molecule has 2 aromatic rings. The molecule has 27 heavy (non-hydrogen) atoms. The minimum atomic E-state index is -0.280. The smallest absolute Gasteiger partial charge is 0.227 e. The molecule has 2 unspecified atom stereocenters. The van der Waals surface area contributed by atoms with Crippen LogP contribution in [-0.2, 0) is 11.2 Å². The Balaban J connectivity index is 0.00000261. The van der Waals surface area contributed by atoms with E-state index in [0.29, 0.717) is 18.9 Å². The summed E-state index contributed by atoms with van der Waals surface area (Å²) in [6.07, 6.45) is 2.31. The van der Waals surface area contributed by atoms with Gasteiger partial charge in [-0.3, -0.25) is 4.79 Å². The highest BCUT2D eigenvalue weighted by Gasteiger charge is 2.29. The molecule has 148 valence electrons. The molecule has 2 N–H and O–H groups in total. The molecule has 0 spiro atoms. The topological polar surface area (TPSA) is 64.2 Å². The van der Waals surface area contributed by atoms with Gasteiger partial charge < -0.3 is 10.6 Å². The van der Waals surface area contributed by atoms with Gasteiger partial charge in [-0.05, 0) is 56.9 Å². The number of aryl methyl sites for hydroxylation is 1. The second-order valence-corrected chi connectivity index (χ2v) is 7.32. The third-order valence-electron chi connectivity index (χ3n) is 5.41. The number of nitrogens with zero attached hydrogens (tertiary/aromatic N) is 3. The maximum absolute atomic E-state index is 13.2. The van der Waals surface area contributed by atoms with Crippen LogP contribution in [0.3, 0.4) is 0 Å². The number of carbonyl (C=O) groups is 1. The molecular formula is C20H28ClFN4O. The zero-order valence-corrected chi connectivity index (χ0v) is 16.9. The van der Waals surface area contributed by atoms with Crippen molar-refractivity contribution >= 4 is 18.3 Å². The summed E-state index contributed by atoms with van der Waals surface area (Å²) in [5.41, 5.74) is 9.37. The van der Waals surface area contributed by atoms with Crippen LogP contribution in [0, 0.1) is 25.6 Å². The van der Waals surface area contributed by atoms with Crippen molar-refractivity contribution in [2.45, 2.75) is 46.1 Å². The Morgan fingerprint density at radius 2 is 1.96 bits per heavy atom. The number of carbonyl (C=O) groups excluding carboxylic acids is 1. The average molecular weight is 395 g/mol. The molecular weight excluding hydrogens is 367 g/mol. The van der Waals surface area contributed by atoms with E-state index >= 15 is 0 Å². The van der Waals surface area contributed by atoms with E-state index < -0.39 is 0 Å². The molecule has 3 rings (SSSR count). The van der Waals surface area contributed by atoms with E-state index in [9.17, 15) is 9.18 Å². The monoisotopic (exact) mass is 394 g/mol. The molecule has 7 heteroatoms. The molecule has 1 amide bonds. The van der Waals surface area contributed by atoms with E-state index in [1.807, 2.05) is 18.7 Å². The van der Waals surface area contributed by atoms with Crippen molar-refractivity contribution in [3.05, 3.63) is 47.0 Å². The van der Waals surface area contributed by atoms with E-state index in [4.69, 9.17) is 5.73 Å². The van der Waals surface area contributed by atoms with Gasteiger partial charge in [0, 0.05) is 30.4 Å². The first-order valence-electron chi connectivity index (χ1n) is 9.21. The highest BCUT2D eigenvalue weighted by molar-refractivity contribution is 5.85. The number of likely N-dealkylation sites (tertiary alicyclic amines) is 1. The molecule has 1 aliphatic heterocycles. The van der Waals surface area contributed by atoms with Crippen molar-refractivity contribution < 1.29 is 9.18 Å². The fourth-order valence-corrected chi connectivity index (χ4v) is 3.82. The molecule has 0 bridgehead atoms. The van der Waals surface area contributed by atoms with Crippen LogP contribution in [0.4, 0.5) is 4.39 Å². The SMILES string of the molecule is Cc1nn(-c2ccc(F)cc2)c(C)c1CC(=O)N1CCC(C)CC1CN.Cl. The lowest BCUT2D eigenvalue weighted by molar-refractivity contribution is -0.134. The summed E-state index contributed by atoms with van der Waals surface area (Å²) in [6.45, 7) is 7.35. The van der Waals surface area contributed by atoms with Crippen LogP contribution in [0.5, 0.6) is 0 Å². The highest BCUT2D eigenvalue weighted by atomic mass is 35.5. The molecule has 1 fully saturated rings. The van der Waals surface area contributed by atoms with E-state index in [-0.39, 0.29) is 30.2 Å². The quantitative estimate of drug-likeness (QED) is 0.866. The van der Waals surface area contributed by atoms with E-state index in [2.05, 4.69) is 12.0 Å². The van der Waals surface area contributed by atoms with E-state index in [1.54, 1.807) is 16.8 Å². The van der Waals surface area contributed by atoms with Crippen LogP contribution < -0.4 is 5.73 Å². The number of hydrogen-bond acceptors (Lipinski definition) is 3. The molecule has 1 aliphatic rings. The molecule has 2 heterocycles. The molecule has 1 saturated heterocycles. The summed E-state index contributed by atoms with van der Waals surface area (Å²) >= 11 is 0. The first-order chi connectivity index (χ1) is 12.4. The van der Waals surface area contributed by atoms with Gasteiger partial charge in [0.05, 0.1) is 17.8 Å². The third-order valence-corrected chi connectivity index (χ3v) is 5.41. The standard InChI is InChI=1S/C20H27FN4O.ClH/c1-13-8-9-24(18(10-13)12-22)20(26)11-19-14(2)23-25(15(19)3)17-6-4-16(21)5-7-17;/h4-7,13,18H,8-12,22H2,1-3H3;1H. The molecule has 1 aromatic carbocycles. The maximum Gasteiger partial charge on any atom is 0.227 e. The number of amides is 1. The Morgan fingerprint density at radius 3 is 2.59 bits per heavy atom. The summed E-state index contributed by atoms with van der Waals surface area (Å²) in [5, 5.41) is 4.56. The van der Waals surface area contributed by atoms with Crippen LogP contribution in [0.2, 0.25) is 0 Å². The summed E-state index contributed by atoms with van der Waals surface area (Å²) in [7, 11) is 0. The Kier molecular flexibility index (Phi) is 7.00. The fourth-order valence-electron chi connectivity index (χ4n) is 3.82. The van der Waals surface area contributed by atoms with Crippen LogP contribution >= 0.6 is 12.4 Å². The van der Waals surface area contributed by atoms with Gasteiger partial charge in [-0.1, -0.05) is 6.92 Å². The van der Waals surface area contributed by atoms with Gasteiger partial charge in [0.2, 0.25) is 5.91 Å². The largest absolute Gasteiger partial charge is 0.338 e. The molecule has 0 radical (unpaired) electrons. The summed E-state index contributed by atoms with van der Waals surface area (Å²) < 4.78 is 14.9. The van der Waals surface area contributed by atoms with Crippen molar-refractivity contribution in [2.24, 2.45) is 11.7 Å². The Labute approximate surface area is 166 Å². The number of piperidine rings is 1. The lowest BCUT2D eigenvalue weighted by Gasteiger charge is -2.38. The van der Waals surface area contributed by atoms with Crippen molar-refractivity contribution in [2.75, 3.05) is 13.1 Å². The summed E-state index contributed by atoms with van der Waals surface area (Å²) in [6, 6.07) is 6.33. The first kappa shape index (κ1) is 21.4. The molecule has 0 aliphatic carbocycles. The predicted molar refractivity (Wildman–Crippen MR) is 107 cm³/mol. The lowest BCUT2D eigenvalue weighted by atomic mass is 9.92. The summed E-state index contributed by atoms with van der Waals surface area (Å²) in [5.74, 6) is 0.437. The number of hydrogen-bond donors (Lipinski definition) is 1. The molecule has 5 nitrogen and oxygen atoms in total. The number of rotatable bonds is 4. The van der Waals surface area contributed by atoms with Gasteiger partial charge in [0.1, 0.15) is 5.82 Å². The third kappa shape index (κ3) is 4.50. The highest BCUT2D eigenvalue weighted by Crippen LogP contribution is 2.24. The second-order valence-electron chi connectivity index (χ2n) is 7.32. The van der Waals surface area contributed by atoms with Crippen LogP contribution in [-0.4, -0.2) is 39.7 Å². The van der Waals surface area contributed by atoms with Crippen molar-refractivity contribution in [1.29, 1.82) is 0 Å². The Morgan fingerprint density at radius 1 is 1.30 bits per heavy atom. The minimum absolute atomic E-state index is 0. The number of benzene rings is 1. The van der Waals surface area contributed by atoms with E-state index in [1.165, 1.54) is 12.1 Å². The van der Waals surface area contributed by atoms with Gasteiger partial charge in [0.15, 0.2) is 0 Å². The van der Waals surface area contributed by atoms with Crippen molar-refractivity contribution in [3.8, 4) is 5.69 Å². The average Bonchev–Trinajstić information content (AvgIpc) is 2.90. The van der Waals surface area contributed by atoms with E-state index in [0.717, 1.165) is 42.0 Å². The second kappa shape index (κ2) is 8.85. The zero-order chi connectivity index (χ0) is 18.8. The van der Waals surface area contributed by atoms with Crippen LogP contribution in [0.25, 0.3) is 5.69 Å². The fraction of sp³-hybridized carbons (Fsp3) is 0.500. The van der Waals surface area contributed by atoms with Gasteiger partial charge in [0.25, 0.3) is 0 Å². The van der Waals surface area contributed by atoms with Gasteiger partial charge in [-0.15, -0.1) is 12.4 Å². The summed E-state index contributed by atoms with van der Waals surface area (Å²) in [4.78, 5) is 14.9. The number of halogens is 2. The molecule has 1 aromatic heterocycles. The first-order valence-corrected chi connectivity index (χ1v) is 9.21. The number of aromatic nitrogens is 2. The molecule has 0 saturated carbocycles.